The highest BCUT2D eigenvalue weighted by Gasteiger charge is 2.35. The Morgan fingerprint density at radius 3 is 2.23 bits per heavy atom. The van der Waals surface area contributed by atoms with Gasteiger partial charge in [-0.2, -0.15) is 0 Å². The molecule has 5 rings (SSSR count). The fraction of sp³-hybridized carbons (Fsp3) is 0.103. The van der Waals surface area contributed by atoms with Crippen LogP contribution in [-0.2, 0) is 9.59 Å². The smallest absolute Gasteiger partial charge is 0.270 e. The molecule has 3 aromatic carbocycles. The largest absolute Gasteiger partial charge is 0.493 e. The average molecular weight is 576 g/mol. The van der Waals surface area contributed by atoms with Crippen molar-refractivity contribution in [3.63, 3.8) is 0 Å². The molecule has 1 saturated heterocycles. The fourth-order valence-corrected chi connectivity index (χ4v) is 4.70. The van der Waals surface area contributed by atoms with Crippen molar-refractivity contribution in [1.29, 1.82) is 0 Å². The Balaban J connectivity index is 1.51. The van der Waals surface area contributed by atoms with E-state index in [1.807, 2.05) is 30.3 Å². The number of hydrogen-bond donors (Lipinski definition) is 1. The van der Waals surface area contributed by atoms with Gasteiger partial charge in [-0.1, -0.05) is 29.8 Å². The maximum Gasteiger partial charge on any atom is 0.270 e. The summed E-state index contributed by atoms with van der Waals surface area (Å²) in [5.74, 6) is 1.09. The third-order valence-electron chi connectivity index (χ3n) is 6.08. The van der Waals surface area contributed by atoms with E-state index < -0.39 is 11.8 Å². The van der Waals surface area contributed by atoms with Gasteiger partial charge in [0.25, 0.3) is 11.8 Å². The third kappa shape index (κ3) is 5.02. The summed E-state index contributed by atoms with van der Waals surface area (Å²) in [6.07, 6.45) is 1.37. The molecular formula is C29H22ClN3O6S. The lowest BCUT2D eigenvalue weighted by Gasteiger charge is -2.29. The Morgan fingerprint density at radius 2 is 1.57 bits per heavy atom. The van der Waals surface area contributed by atoms with E-state index in [9.17, 15) is 9.59 Å². The van der Waals surface area contributed by atoms with Crippen LogP contribution in [0.1, 0.15) is 5.56 Å². The van der Waals surface area contributed by atoms with Gasteiger partial charge in [0.05, 0.1) is 32.5 Å². The second-order valence-electron chi connectivity index (χ2n) is 8.45. The molecule has 0 unspecified atom stereocenters. The molecule has 1 aliphatic heterocycles. The van der Waals surface area contributed by atoms with E-state index in [2.05, 4.69) is 10.3 Å². The van der Waals surface area contributed by atoms with Crippen LogP contribution in [0.4, 0.5) is 5.69 Å². The summed E-state index contributed by atoms with van der Waals surface area (Å²) in [6, 6.07) is 19.4. The SMILES string of the molecule is COc1cc2nc(Cl)c(/C=C3\C(=O)NC(=S)N(c4ccc(Oc5ccccc5)cc4)C3=O)cc2c(OC)c1OC. The van der Waals surface area contributed by atoms with E-state index in [-0.39, 0.29) is 15.8 Å². The predicted octanol–water partition coefficient (Wildman–Crippen LogP) is 5.54. The van der Waals surface area contributed by atoms with Gasteiger partial charge in [0.1, 0.15) is 22.2 Å². The summed E-state index contributed by atoms with van der Waals surface area (Å²) in [5.41, 5.74) is 1.06. The van der Waals surface area contributed by atoms with Gasteiger partial charge in [0.2, 0.25) is 5.75 Å². The van der Waals surface area contributed by atoms with Crippen molar-refractivity contribution in [3.8, 4) is 28.7 Å². The highest BCUT2D eigenvalue weighted by molar-refractivity contribution is 7.80. The number of ether oxygens (including phenoxy) is 4. The fourth-order valence-electron chi connectivity index (χ4n) is 4.22. The summed E-state index contributed by atoms with van der Waals surface area (Å²) in [5, 5.41) is 3.13. The number of aromatic nitrogens is 1. The Labute approximate surface area is 239 Å². The molecule has 1 fully saturated rings. The highest BCUT2D eigenvalue weighted by atomic mass is 35.5. The van der Waals surface area contributed by atoms with Crippen LogP contribution >= 0.6 is 23.8 Å². The second-order valence-corrected chi connectivity index (χ2v) is 9.19. The topological polar surface area (TPSA) is 99.2 Å². The molecule has 0 aliphatic carbocycles. The number of rotatable bonds is 7. The Hall–Kier alpha value is -4.67. The number of benzene rings is 3. The lowest BCUT2D eigenvalue weighted by Crippen LogP contribution is -2.54. The van der Waals surface area contributed by atoms with Gasteiger partial charge in [-0.15, -0.1) is 0 Å². The Kier molecular flexibility index (Phi) is 7.54. The van der Waals surface area contributed by atoms with E-state index in [1.165, 1.54) is 32.3 Å². The van der Waals surface area contributed by atoms with E-state index in [1.54, 1.807) is 36.4 Å². The predicted molar refractivity (Wildman–Crippen MR) is 156 cm³/mol. The summed E-state index contributed by atoms with van der Waals surface area (Å²) in [6.45, 7) is 0. The van der Waals surface area contributed by atoms with Gasteiger partial charge in [-0.25, -0.2) is 4.98 Å². The minimum Gasteiger partial charge on any atom is -0.493 e. The van der Waals surface area contributed by atoms with Crippen LogP contribution in [0, 0.1) is 0 Å². The Bertz CT molecular complexity index is 1680. The van der Waals surface area contributed by atoms with Crippen molar-refractivity contribution < 1.29 is 28.5 Å². The maximum atomic E-state index is 13.6. The first-order chi connectivity index (χ1) is 19.3. The molecule has 0 atom stereocenters. The molecule has 202 valence electrons. The quantitative estimate of drug-likeness (QED) is 0.133. The van der Waals surface area contributed by atoms with Crippen molar-refractivity contribution >= 4 is 63.4 Å². The zero-order valence-electron chi connectivity index (χ0n) is 21.6. The van der Waals surface area contributed by atoms with Crippen molar-refractivity contribution in [2.75, 3.05) is 26.2 Å². The lowest BCUT2D eigenvalue weighted by molar-refractivity contribution is -0.122. The van der Waals surface area contributed by atoms with Crippen molar-refractivity contribution in [1.82, 2.24) is 10.3 Å². The van der Waals surface area contributed by atoms with Crippen LogP contribution in [0.5, 0.6) is 28.7 Å². The molecule has 1 aliphatic rings. The number of pyridine rings is 1. The minimum absolute atomic E-state index is 0.0508. The monoisotopic (exact) mass is 575 g/mol. The molecule has 9 nitrogen and oxygen atoms in total. The zero-order chi connectivity index (χ0) is 28.4. The van der Waals surface area contributed by atoms with Gasteiger partial charge >= 0.3 is 0 Å². The maximum absolute atomic E-state index is 13.6. The normalized spacial score (nSPS) is 14.3. The average Bonchev–Trinajstić information content (AvgIpc) is 2.95. The van der Waals surface area contributed by atoms with Crippen molar-refractivity contribution in [2.24, 2.45) is 0 Å². The molecule has 0 radical (unpaired) electrons. The molecule has 0 saturated carbocycles. The number of fused-ring (bicyclic) bond motifs is 1. The second kappa shape index (κ2) is 11.2. The van der Waals surface area contributed by atoms with Gasteiger partial charge in [-0.05, 0) is 60.8 Å². The van der Waals surface area contributed by atoms with E-state index in [0.717, 1.165) is 0 Å². The molecule has 0 spiro atoms. The molecule has 4 aromatic rings. The first kappa shape index (κ1) is 26.9. The number of amides is 2. The van der Waals surface area contributed by atoms with Crippen LogP contribution in [0.2, 0.25) is 5.15 Å². The van der Waals surface area contributed by atoms with E-state index in [4.69, 9.17) is 42.8 Å². The van der Waals surface area contributed by atoms with Crippen LogP contribution in [0.15, 0.2) is 72.3 Å². The number of anilines is 1. The van der Waals surface area contributed by atoms with Crippen LogP contribution < -0.4 is 29.2 Å². The first-order valence-corrected chi connectivity index (χ1v) is 12.7. The number of nitrogens with one attached hydrogen (secondary N) is 1. The van der Waals surface area contributed by atoms with Crippen molar-refractivity contribution in [2.45, 2.75) is 0 Å². The van der Waals surface area contributed by atoms with Crippen LogP contribution in [0.25, 0.3) is 17.0 Å². The molecule has 11 heteroatoms. The molecular weight excluding hydrogens is 554 g/mol. The highest BCUT2D eigenvalue weighted by Crippen LogP contribution is 2.44. The van der Waals surface area contributed by atoms with E-state index in [0.29, 0.717) is 50.9 Å². The van der Waals surface area contributed by atoms with Gasteiger partial charge in [0.15, 0.2) is 16.6 Å². The van der Waals surface area contributed by atoms with Gasteiger partial charge in [0, 0.05) is 17.0 Å². The van der Waals surface area contributed by atoms with Crippen LogP contribution in [-0.4, -0.2) is 43.2 Å². The number of nitrogens with zero attached hydrogens (tertiary/aromatic N) is 2. The van der Waals surface area contributed by atoms with Gasteiger partial charge in [-0.3, -0.25) is 19.8 Å². The van der Waals surface area contributed by atoms with E-state index >= 15 is 0 Å². The number of thiocarbonyl (C=S) groups is 1. The molecule has 1 aromatic heterocycles. The standard InChI is InChI=1S/C29H22ClN3O6S/c1-36-23-15-22-20(24(37-2)25(23)38-3)13-16(26(30)31-22)14-21-27(34)32-29(40)33(28(21)35)17-9-11-19(12-10-17)39-18-7-5-4-6-8-18/h4-15H,1-3H3,(H,32,34,40)/b21-14+. The van der Waals surface area contributed by atoms with Crippen molar-refractivity contribution in [3.05, 3.63) is 83.0 Å². The molecule has 2 heterocycles. The third-order valence-corrected chi connectivity index (χ3v) is 6.67. The molecule has 40 heavy (non-hydrogen) atoms. The first-order valence-electron chi connectivity index (χ1n) is 11.9. The Morgan fingerprint density at radius 1 is 0.900 bits per heavy atom. The molecule has 2 amide bonds. The molecule has 1 N–H and O–H groups in total. The number of hydrogen-bond acceptors (Lipinski definition) is 8. The summed E-state index contributed by atoms with van der Waals surface area (Å²) >= 11 is 11.8. The lowest BCUT2D eigenvalue weighted by atomic mass is 10.1. The summed E-state index contributed by atoms with van der Waals surface area (Å²) in [7, 11) is 4.47. The number of carbonyl (C=O) groups excluding carboxylic acids is 2. The number of methoxy groups -OCH3 is 3. The zero-order valence-corrected chi connectivity index (χ0v) is 23.1. The van der Waals surface area contributed by atoms with Crippen LogP contribution in [0.3, 0.4) is 0 Å². The summed E-state index contributed by atoms with van der Waals surface area (Å²) < 4.78 is 22.2. The number of halogens is 1. The summed E-state index contributed by atoms with van der Waals surface area (Å²) in [4.78, 5) is 32.1. The van der Waals surface area contributed by atoms with Gasteiger partial charge < -0.3 is 18.9 Å². The number of carbonyl (C=O) groups is 2. The minimum atomic E-state index is -0.661. The number of para-hydroxylation sites is 1. The molecule has 0 bridgehead atoms.